The van der Waals surface area contributed by atoms with E-state index in [1.54, 1.807) is 35.1 Å². The Labute approximate surface area is 211 Å². The highest BCUT2D eigenvalue weighted by Gasteiger charge is 2.40. The molecule has 6 rings (SSSR count). The van der Waals surface area contributed by atoms with Gasteiger partial charge in [-0.1, -0.05) is 18.2 Å². The number of amidine groups is 1. The van der Waals surface area contributed by atoms with E-state index in [0.29, 0.717) is 52.7 Å². The number of carbonyl (C=O) groups excluding carboxylic acids is 1. The number of hydrogen-bond donors (Lipinski definition) is 2. The number of halogens is 1. The highest BCUT2D eigenvalue weighted by atomic mass is 19.1. The monoisotopic (exact) mass is 500 g/mol. The number of aromatic nitrogens is 5. The number of fused-ring (bicyclic) bond motifs is 2. The highest BCUT2D eigenvalue weighted by Crippen LogP contribution is 2.40. The predicted octanol–water partition coefficient (Wildman–Crippen LogP) is 2.87. The molecule has 0 saturated carbocycles. The summed E-state index contributed by atoms with van der Waals surface area (Å²) in [6.45, 7) is 4.98. The second-order valence-electron chi connectivity index (χ2n) is 9.72. The van der Waals surface area contributed by atoms with Gasteiger partial charge >= 0.3 is 0 Å². The molecule has 4 aromatic rings. The van der Waals surface area contributed by atoms with E-state index in [2.05, 4.69) is 20.3 Å². The number of amides is 1. The van der Waals surface area contributed by atoms with Gasteiger partial charge in [-0.15, -0.1) is 0 Å². The Bertz CT molecular complexity index is 1570. The van der Waals surface area contributed by atoms with E-state index in [1.165, 1.54) is 6.07 Å². The van der Waals surface area contributed by atoms with Gasteiger partial charge in [0.1, 0.15) is 23.0 Å². The molecule has 1 fully saturated rings. The second kappa shape index (κ2) is 8.70. The first kappa shape index (κ1) is 23.2. The molecule has 5 heterocycles. The minimum absolute atomic E-state index is 0.102. The van der Waals surface area contributed by atoms with Gasteiger partial charge in [-0.2, -0.15) is 5.10 Å². The molecule has 1 unspecified atom stereocenters. The zero-order chi connectivity index (χ0) is 25.7. The molecule has 1 aromatic carbocycles. The SMILES string of the molecule is CC1(C)C(N)=Nc2nc(-c3nn(Cc4ccccc4F)c4ncccc34)nc(C(=O)NC3CCOC3)c21. The Kier molecular flexibility index (Phi) is 5.45. The molecule has 1 saturated heterocycles. The van der Waals surface area contributed by atoms with Gasteiger partial charge in [0.15, 0.2) is 17.3 Å². The third-order valence-electron chi connectivity index (χ3n) is 6.86. The molecule has 188 valence electrons. The molecule has 11 heteroatoms. The number of benzene rings is 1. The van der Waals surface area contributed by atoms with Crippen molar-refractivity contribution in [2.45, 2.75) is 38.3 Å². The van der Waals surface area contributed by atoms with Crippen LogP contribution in [0.4, 0.5) is 10.2 Å². The average Bonchev–Trinajstić information content (AvgIpc) is 3.58. The number of ether oxygens (including phenoxy) is 1. The van der Waals surface area contributed by atoms with Crippen molar-refractivity contribution in [1.29, 1.82) is 0 Å². The van der Waals surface area contributed by atoms with Gasteiger partial charge in [0.05, 0.1) is 30.0 Å². The Balaban J connectivity index is 1.49. The van der Waals surface area contributed by atoms with E-state index in [4.69, 9.17) is 20.6 Å². The largest absolute Gasteiger partial charge is 0.386 e. The molecular formula is C26H25FN8O2. The van der Waals surface area contributed by atoms with Crippen LogP contribution >= 0.6 is 0 Å². The van der Waals surface area contributed by atoms with E-state index >= 15 is 0 Å². The second-order valence-corrected chi connectivity index (χ2v) is 9.72. The van der Waals surface area contributed by atoms with Crippen LogP contribution in [0.3, 0.4) is 0 Å². The molecule has 10 nitrogen and oxygen atoms in total. The number of pyridine rings is 1. The fourth-order valence-electron chi connectivity index (χ4n) is 4.73. The Morgan fingerprint density at radius 2 is 2.08 bits per heavy atom. The maximum Gasteiger partial charge on any atom is 0.270 e. The smallest absolute Gasteiger partial charge is 0.270 e. The summed E-state index contributed by atoms with van der Waals surface area (Å²) in [5.74, 6) is 0.219. The van der Waals surface area contributed by atoms with Crippen molar-refractivity contribution in [2.75, 3.05) is 13.2 Å². The Morgan fingerprint density at radius 3 is 2.86 bits per heavy atom. The van der Waals surface area contributed by atoms with Crippen LogP contribution in [0.25, 0.3) is 22.6 Å². The molecular weight excluding hydrogens is 475 g/mol. The predicted molar refractivity (Wildman–Crippen MR) is 135 cm³/mol. The summed E-state index contributed by atoms with van der Waals surface area (Å²) in [5, 5.41) is 8.39. The maximum absolute atomic E-state index is 14.4. The van der Waals surface area contributed by atoms with E-state index in [1.807, 2.05) is 19.9 Å². The van der Waals surface area contributed by atoms with Crippen LogP contribution in [-0.4, -0.2) is 55.7 Å². The van der Waals surface area contributed by atoms with Crippen molar-refractivity contribution < 1.29 is 13.9 Å². The lowest BCUT2D eigenvalue weighted by molar-refractivity contribution is 0.0923. The normalized spacial score (nSPS) is 18.1. The summed E-state index contributed by atoms with van der Waals surface area (Å²) in [5.41, 5.74) is 7.72. The number of nitrogens with zero attached hydrogens (tertiary/aromatic N) is 6. The molecule has 1 amide bonds. The number of nitrogens with two attached hydrogens (primary N) is 1. The maximum atomic E-state index is 14.4. The van der Waals surface area contributed by atoms with Gasteiger partial charge < -0.3 is 15.8 Å². The lowest BCUT2D eigenvalue weighted by atomic mass is 9.84. The van der Waals surface area contributed by atoms with Gasteiger partial charge in [0, 0.05) is 23.9 Å². The van der Waals surface area contributed by atoms with Crippen molar-refractivity contribution in [2.24, 2.45) is 10.7 Å². The zero-order valence-corrected chi connectivity index (χ0v) is 20.4. The van der Waals surface area contributed by atoms with E-state index in [9.17, 15) is 9.18 Å². The number of aliphatic imine (C=N–C) groups is 1. The first-order valence-corrected chi connectivity index (χ1v) is 12.0. The number of hydrogen-bond acceptors (Lipinski definition) is 8. The third kappa shape index (κ3) is 3.91. The summed E-state index contributed by atoms with van der Waals surface area (Å²) in [6.07, 6.45) is 2.37. The van der Waals surface area contributed by atoms with Crippen LogP contribution < -0.4 is 11.1 Å². The molecule has 0 bridgehead atoms. The van der Waals surface area contributed by atoms with Crippen molar-refractivity contribution in [1.82, 2.24) is 30.0 Å². The van der Waals surface area contributed by atoms with E-state index in [-0.39, 0.29) is 35.8 Å². The summed E-state index contributed by atoms with van der Waals surface area (Å²) in [4.78, 5) is 31.8. The lowest BCUT2D eigenvalue weighted by Crippen LogP contribution is -2.39. The molecule has 0 spiro atoms. The van der Waals surface area contributed by atoms with Gasteiger partial charge in [-0.3, -0.25) is 4.79 Å². The van der Waals surface area contributed by atoms with Crippen molar-refractivity contribution in [3.05, 3.63) is 65.2 Å². The van der Waals surface area contributed by atoms with Gasteiger partial charge in [-0.05, 0) is 38.5 Å². The minimum Gasteiger partial charge on any atom is -0.386 e. The molecule has 0 radical (unpaired) electrons. The summed E-state index contributed by atoms with van der Waals surface area (Å²) in [7, 11) is 0. The third-order valence-corrected chi connectivity index (χ3v) is 6.86. The summed E-state index contributed by atoms with van der Waals surface area (Å²) >= 11 is 0. The van der Waals surface area contributed by atoms with Crippen LogP contribution in [0.2, 0.25) is 0 Å². The van der Waals surface area contributed by atoms with E-state index in [0.717, 1.165) is 6.42 Å². The molecule has 3 N–H and O–H groups in total. The van der Waals surface area contributed by atoms with Crippen LogP contribution in [0.15, 0.2) is 47.6 Å². The quantitative estimate of drug-likeness (QED) is 0.430. The first-order chi connectivity index (χ1) is 17.8. The van der Waals surface area contributed by atoms with E-state index < -0.39 is 5.41 Å². The fraction of sp³-hybridized carbons (Fsp3) is 0.308. The Morgan fingerprint density at radius 1 is 1.24 bits per heavy atom. The van der Waals surface area contributed by atoms with Crippen LogP contribution in [0.5, 0.6) is 0 Å². The molecule has 0 aliphatic carbocycles. The number of carbonyl (C=O) groups is 1. The van der Waals surface area contributed by atoms with Crippen molar-refractivity contribution >= 4 is 28.6 Å². The average molecular weight is 501 g/mol. The molecule has 1 atom stereocenters. The lowest BCUT2D eigenvalue weighted by Gasteiger charge is -2.22. The standard InChI is InChI=1S/C26H25FN8O2/c1-26(2)18-20(24(36)30-15-9-11-37-13-15)31-22(32-21(18)33-25(26)28)19-16-7-5-10-29-23(16)35(34-19)12-14-6-3-4-8-17(14)27/h3-8,10,15H,9,11-13H2,1-2H3,(H,30,36)(H2,28,31,32,33). The summed E-state index contributed by atoms with van der Waals surface area (Å²) in [6, 6.07) is 10.0. The fourth-order valence-corrected chi connectivity index (χ4v) is 4.73. The summed E-state index contributed by atoms with van der Waals surface area (Å²) < 4.78 is 21.4. The molecule has 3 aromatic heterocycles. The van der Waals surface area contributed by atoms with Crippen LogP contribution in [0, 0.1) is 5.82 Å². The van der Waals surface area contributed by atoms with Crippen LogP contribution in [-0.2, 0) is 16.7 Å². The van der Waals surface area contributed by atoms with Gasteiger partial charge in [0.2, 0.25) is 0 Å². The number of nitrogens with one attached hydrogen (secondary N) is 1. The number of rotatable bonds is 5. The van der Waals surface area contributed by atoms with Gasteiger partial charge in [-0.25, -0.2) is 29.0 Å². The van der Waals surface area contributed by atoms with Crippen molar-refractivity contribution in [3.63, 3.8) is 0 Å². The van der Waals surface area contributed by atoms with Gasteiger partial charge in [0.25, 0.3) is 5.91 Å². The zero-order valence-electron chi connectivity index (χ0n) is 20.4. The topological polar surface area (TPSA) is 133 Å². The van der Waals surface area contributed by atoms with Crippen molar-refractivity contribution in [3.8, 4) is 11.5 Å². The minimum atomic E-state index is -0.722. The first-order valence-electron chi connectivity index (χ1n) is 12.0. The molecule has 2 aliphatic heterocycles. The Hall–Kier alpha value is -4.25. The molecule has 2 aliphatic rings. The highest BCUT2D eigenvalue weighted by molar-refractivity contribution is 6.04. The van der Waals surface area contributed by atoms with Crippen LogP contribution in [0.1, 0.15) is 41.9 Å². The molecule has 37 heavy (non-hydrogen) atoms.